The van der Waals surface area contributed by atoms with Gasteiger partial charge in [0.15, 0.2) is 0 Å². The topological polar surface area (TPSA) is 80.2 Å². The van der Waals surface area contributed by atoms with E-state index in [1.807, 2.05) is 0 Å². The van der Waals surface area contributed by atoms with Crippen LogP contribution in [0.3, 0.4) is 0 Å². The van der Waals surface area contributed by atoms with E-state index in [9.17, 15) is 18.8 Å². The highest BCUT2D eigenvalue weighted by atomic mass is 19.1. The van der Waals surface area contributed by atoms with Gasteiger partial charge >= 0.3 is 0 Å². The predicted molar refractivity (Wildman–Crippen MR) is 127 cm³/mol. The fourth-order valence-corrected chi connectivity index (χ4v) is 7.04. The second-order valence-electron chi connectivity index (χ2n) is 10.7. The first-order valence-corrected chi connectivity index (χ1v) is 12.2. The first kappa shape index (κ1) is 22.8. The van der Waals surface area contributed by atoms with Crippen molar-refractivity contribution in [3.05, 3.63) is 52.1 Å². The fraction of sp³-hybridized carbons (Fsp3) is 0.519. The first-order valence-electron chi connectivity index (χ1n) is 12.2. The van der Waals surface area contributed by atoms with Gasteiger partial charge in [-0.3, -0.25) is 14.4 Å². The third-order valence-corrected chi connectivity index (χ3v) is 8.52. The maximum absolute atomic E-state index is 13.6. The van der Waals surface area contributed by atoms with Crippen molar-refractivity contribution in [2.45, 2.75) is 58.9 Å². The number of aryl methyl sites for hydroxylation is 1. The molecule has 6 rings (SSSR count). The highest BCUT2D eigenvalue weighted by Crippen LogP contribution is 2.53. The zero-order chi connectivity index (χ0) is 24.3. The summed E-state index contributed by atoms with van der Waals surface area (Å²) in [5.74, 6) is 0.607. The van der Waals surface area contributed by atoms with Crippen molar-refractivity contribution in [2.24, 2.45) is 30.7 Å². The summed E-state index contributed by atoms with van der Waals surface area (Å²) in [5, 5.41) is 5.87. The van der Waals surface area contributed by atoms with Gasteiger partial charge in [-0.15, -0.1) is 0 Å². The number of Topliss-reactive ketones (excluding diaryl/α,β-unsaturated/α-hetero) is 1. The smallest absolute Gasteiger partial charge is 0.294 e. The van der Waals surface area contributed by atoms with Crippen molar-refractivity contribution < 1.29 is 18.8 Å². The van der Waals surface area contributed by atoms with Crippen LogP contribution in [0.4, 0.5) is 10.1 Å². The summed E-state index contributed by atoms with van der Waals surface area (Å²) in [4.78, 5) is 39.4. The molecule has 6 nitrogen and oxygen atoms in total. The standard InChI is InChI=1S/C27H32FN3O3/c1-13-7-20(5-6-21(13)28)29-26(33)22-14(2)24(31(4)15(22)3)25(32)27(34)30-23-18-9-16-8-17(11-18)12-19(23)10-16/h5-7,16-19,23H,8-12H2,1-4H3,(H,29,33)(H,30,34)/t16?,17?,18-,19-,23?. The summed E-state index contributed by atoms with van der Waals surface area (Å²) >= 11 is 0. The number of hydrogen-bond donors (Lipinski definition) is 2. The molecule has 4 bridgehead atoms. The third-order valence-electron chi connectivity index (χ3n) is 8.52. The van der Waals surface area contributed by atoms with Crippen LogP contribution in [0.2, 0.25) is 0 Å². The molecule has 7 heteroatoms. The lowest BCUT2D eigenvalue weighted by molar-refractivity contribution is -0.120. The van der Waals surface area contributed by atoms with Crippen molar-refractivity contribution >= 4 is 23.3 Å². The minimum Gasteiger partial charge on any atom is -0.346 e. The molecule has 2 aromatic rings. The Balaban J connectivity index is 1.35. The Morgan fingerprint density at radius 2 is 1.59 bits per heavy atom. The third kappa shape index (κ3) is 3.75. The van der Waals surface area contributed by atoms with Crippen LogP contribution < -0.4 is 10.6 Å². The van der Waals surface area contributed by atoms with Crippen molar-refractivity contribution in [2.75, 3.05) is 5.32 Å². The summed E-state index contributed by atoms with van der Waals surface area (Å²) in [6.07, 6.45) is 5.95. The zero-order valence-electron chi connectivity index (χ0n) is 20.2. The van der Waals surface area contributed by atoms with Gasteiger partial charge in [-0.2, -0.15) is 0 Å². The SMILES string of the molecule is Cc1cc(NC(=O)c2c(C)c(C(=O)C(=O)NC3[C@H]4CC5CC(C4)C[C@@H]3C5)n(C)c2C)ccc1F. The second kappa shape index (κ2) is 8.36. The van der Waals surface area contributed by atoms with Gasteiger partial charge in [0.05, 0.1) is 11.3 Å². The molecule has 0 radical (unpaired) electrons. The number of rotatable bonds is 5. The van der Waals surface area contributed by atoms with Gasteiger partial charge in [0.1, 0.15) is 5.82 Å². The Labute approximate surface area is 199 Å². The van der Waals surface area contributed by atoms with Crippen LogP contribution in [0.15, 0.2) is 18.2 Å². The number of aromatic nitrogens is 1. The van der Waals surface area contributed by atoms with Crippen LogP contribution in [-0.2, 0) is 11.8 Å². The minimum absolute atomic E-state index is 0.0791. The van der Waals surface area contributed by atoms with E-state index in [2.05, 4.69) is 10.6 Å². The van der Waals surface area contributed by atoms with E-state index in [1.54, 1.807) is 38.5 Å². The summed E-state index contributed by atoms with van der Waals surface area (Å²) in [5.41, 5.74) is 2.56. The lowest BCUT2D eigenvalue weighted by Gasteiger charge is -2.54. The quantitative estimate of drug-likeness (QED) is 0.505. The molecule has 2 N–H and O–H groups in total. The van der Waals surface area contributed by atoms with Crippen LogP contribution in [0.5, 0.6) is 0 Å². The van der Waals surface area contributed by atoms with E-state index in [4.69, 9.17) is 0 Å². The molecule has 4 aliphatic carbocycles. The molecule has 2 amide bonds. The Morgan fingerprint density at radius 3 is 2.18 bits per heavy atom. The fourth-order valence-electron chi connectivity index (χ4n) is 7.04. The van der Waals surface area contributed by atoms with Gasteiger partial charge in [-0.25, -0.2) is 4.39 Å². The van der Waals surface area contributed by atoms with Crippen molar-refractivity contribution in [3.8, 4) is 0 Å². The van der Waals surface area contributed by atoms with E-state index in [0.717, 1.165) is 37.5 Å². The highest BCUT2D eigenvalue weighted by molar-refractivity contribution is 6.43. The van der Waals surface area contributed by atoms with Gasteiger partial charge in [0, 0.05) is 24.5 Å². The number of halogens is 1. The molecule has 34 heavy (non-hydrogen) atoms. The number of nitrogens with zero attached hydrogens (tertiary/aromatic N) is 1. The number of carbonyl (C=O) groups excluding carboxylic acids is 3. The molecule has 0 unspecified atom stereocenters. The number of carbonyl (C=O) groups is 3. The van der Waals surface area contributed by atoms with Crippen molar-refractivity contribution in [1.82, 2.24) is 9.88 Å². The molecule has 1 aromatic heterocycles. The number of hydrogen-bond acceptors (Lipinski definition) is 3. The summed E-state index contributed by atoms with van der Waals surface area (Å²) in [7, 11) is 1.70. The van der Waals surface area contributed by atoms with Crippen LogP contribution in [0.25, 0.3) is 0 Å². The van der Waals surface area contributed by atoms with Gasteiger partial charge in [0.2, 0.25) is 0 Å². The maximum atomic E-state index is 13.6. The van der Waals surface area contributed by atoms with E-state index < -0.39 is 17.6 Å². The van der Waals surface area contributed by atoms with E-state index >= 15 is 0 Å². The normalized spacial score (nSPS) is 27.0. The molecule has 0 spiro atoms. The number of amides is 2. The highest BCUT2D eigenvalue weighted by Gasteiger charge is 2.49. The van der Waals surface area contributed by atoms with Crippen molar-refractivity contribution in [3.63, 3.8) is 0 Å². The van der Waals surface area contributed by atoms with Gasteiger partial charge in [-0.1, -0.05) is 0 Å². The summed E-state index contributed by atoms with van der Waals surface area (Å²) in [6.45, 7) is 5.08. The molecule has 0 aliphatic heterocycles. The molecule has 4 aliphatic rings. The van der Waals surface area contributed by atoms with Crippen LogP contribution in [0.1, 0.15) is 69.8 Å². The summed E-state index contributed by atoms with van der Waals surface area (Å²) < 4.78 is 15.2. The molecular formula is C27H32FN3O3. The molecule has 0 saturated heterocycles. The van der Waals surface area contributed by atoms with Gasteiger partial charge in [0.25, 0.3) is 17.6 Å². The van der Waals surface area contributed by atoms with Crippen LogP contribution in [0, 0.1) is 50.3 Å². The Kier molecular flexibility index (Phi) is 5.61. The lowest BCUT2D eigenvalue weighted by Crippen LogP contribution is -2.56. The monoisotopic (exact) mass is 465 g/mol. The molecule has 1 aromatic carbocycles. The number of benzene rings is 1. The molecule has 4 saturated carbocycles. The largest absolute Gasteiger partial charge is 0.346 e. The van der Waals surface area contributed by atoms with Gasteiger partial charge < -0.3 is 15.2 Å². The van der Waals surface area contributed by atoms with Crippen LogP contribution in [-0.4, -0.2) is 28.2 Å². The predicted octanol–water partition coefficient (Wildman–Crippen LogP) is 4.47. The zero-order valence-corrected chi connectivity index (χ0v) is 20.2. The molecule has 1 heterocycles. The van der Waals surface area contributed by atoms with Gasteiger partial charge in [-0.05, 0) is 106 Å². The number of nitrogens with one attached hydrogen (secondary N) is 2. The number of anilines is 1. The maximum Gasteiger partial charge on any atom is 0.294 e. The van der Waals surface area contributed by atoms with E-state index in [0.29, 0.717) is 39.9 Å². The summed E-state index contributed by atoms with van der Waals surface area (Å²) in [6, 6.07) is 4.44. The molecule has 4 fully saturated rings. The van der Waals surface area contributed by atoms with Crippen LogP contribution >= 0.6 is 0 Å². The second-order valence-corrected chi connectivity index (χ2v) is 10.7. The Hall–Kier alpha value is -2.96. The number of ketones is 1. The minimum atomic E-state index is -0.603. The first-order chi connectivity index (χ1) is 16.1. The lowest BCUT2D eigenvalue weighted by atomic mass is 9.54. The van der Waals surface area contributed by atoms with E-state index in [1.165, 1.54) is 18.6 Å². The average molecular weight is 466 g/mol. The Morgan fingerprint density at radius 1 is 0.971 bits per heavy atom. The van der Waals surface area contributed by atoms with E-state index in [-0.39, 0.29) is 17.6 Å². The molecular weight excluding hydrogens is 433 g/mol. The van der Waals surface area contributed by atoms with Crippen molar-refractivity contribution in [1.29, 1.82) is 0 Å². The molecule has 180 valence electrons. The average Bonchev–Trinajstić information content (AvgIpc) is 3.00. The Bertz CT molecular complexity index is 1170. The molecule has 0 atom stereocenters.